The van der Waals surface area contributed by atoms with E-state index in [9.17, 15) is 9.32 Å². The number of aromatic nitrogens is 1. The zero-order valence-corrected chi connectivity index (χ0v) is 11.4. The third-order valence-electron chi connectivity index (χ3n) is 1.62. The van der Waals surface area contributed by atoms with E-state index in [0.717, 1.165) is 11.3 Å². The molecular weight excluding hydrogens is 246 g/mol. The molecule has 1 heterocycles. The Morgan fingerprint density at radius 1 is 1.62 bits per heavy atom. The van der Waals surface area contributed by atoms with Crippen molar-refractivity contribution in [1.82, 2.24) is 9.71 Å². The van der Waals surface area contributed by atoms with Crippen LogP contribution in [0.25, 0.3) is 0 Å². The first kappa shape index (κ1) is 13.6. The van der Waals surface area contributed by atoms with Gasteiger partial charge in [-0.1, -0.05) is 0 Å². The van der Waals surface area contributed by atoms with Gasteiger partial charge < -0.3 is 5.11 Å². The lowest BCUT2D eigenvalue weighted by molar-refractivity contribution is 0.194. The van der Waals surface area contributed by atoms with Crippen LogP contribution in [0, 0.1) is 4.78 Å². The Morgan fingerprint density at radius 3 is 2.56 bits per heavy atom. The SMILES string of the molecule is CC(O)c1csc(S(=N)(=O)NC(C)(C)C)n1. The molecule has 1 rings (SSSR count). The molecule has 0 radical (unpaired) electrons. The van der Waals surface area contributed by atoms with Gasteiger partial charge in [-0.25, -0.2) is 18.7 Å². The van der Waals surface area contributed by atoms with E-state index in [2.05, 4.69) is 9.71 Å². The molecule has 2 atom stereocenters. The van der Waals surface area contributed by atoms with E-state index >= 15 is 0 Å². The van der Waals surface area contributed by atoms with Crippen LogP contribution in [0.15, 0.2) is 9.72 Å². The Morgan fingerprint density at radius 2 is 2.19 bits per heavy atom. The zero-order valence-electron chi connectivity index (χ0n) is 9.77. The van der Waals surface area contributed by atoms with E-state index in [4.69, 9.17) is 4.78 Å². The highest BCUT2D eigenvalue weighted by atomic mass is 32.2. The zero-order chi connectivity index (χ0) is 12.6. The summed E-state index contributed by atoms with van der Waals surface area (Å²) in [5, 5.41) is 10.9. The van der Waals surface area contributed by atoms with E-state index < -0.39 is 21.6 Å². The van der Waals surface area contributed by atoms with Gasteiger partial charge in [0.2, 0.25) is 4.34 Å². The average molecular weight is 263 g/mol. The number of rotatable bonds is 3. The summed E-state index contributed by atoms with van der Waals surface area (Å²) in [6.45, 7) is 7.10. The quantitative estimate of drug-likeness (QED) is 0.778. The molecule has 0 aromatic carbocycles. The molecule has 0 aliphatic rings. The molecule has 16 heavy (non-hydrogen) atoms. The molecular formula is C9H17N3O2S2. The molecule has 0 saturated carbocycles. The van der Waals surface area contributed by atoms with Gasteiger partial charge >= 0.3 is 0 Å². The first-order chi connectivity index (χ1) is 7.12. The molecule has 7 heteroatoms. The van der Waals surface area contributed by atoms with Gasteiger partial charge in [-0.15, -0.1) is 11.3 Å². The van der Waals surface area contributed by atoms with Crippen LogP contribution in [0.3, 0.4) is 0 Å². The molecule has 1 aromatic heterocycles. The Hall–Kier alpha value is -0.500. The minimum Gasteiger partial charge on any atom is -0.387 e. The summed E-state index contributed by atoms with van der Waals surface area (Å²) < 4.78 is 22.8. The molecule has 0 spiro atoms. The second-order valence-electron chi connectivity index (χ2n) is 4.62. The minimum absolute atomic E-state index is 0.207. The van der Waals surface area contributed by atoms with Gasteiger partial charge in [0, 0.05) is 10.9 Å². The highest BCUT2D eigenvalue weighted by Crippen LogP contribution is 2.21. The summed E-state index contributed by atoms with van der Waals surface area (Å²) in [7, 11) is -3.08. The van der Waals surface area contributed by atoms with Crippen molar-refractivity contribution in [3.8, 4) is 0 Å². The van der Waals surface area contributed by atoms with Crippen LogP contribution < -0.4 is 4.72 Å². The summed E-state index contributed by atoms with van der Waals surface area (Å²) in [5.41, 5.74) is 0.0332. The van der Waals surface area contributed by atoms with Crippen LogP contribution in [-0.2, 0) is 9.92 Å². The number of thiazole rings is 1. The first-order valence-electron chi connectivity index (χ1n) is 4.83. The molecule has 5 nitrogen and oxygen atoms in total. The highest BCUT2D eigenvalue weighted by molar-refractivity contribution is 7.92. The van der Waals surface area contributed by atoms with Gasteiger partial charge in [-0.05, 0) is 27.7 Å². The molecule has 0 aliphatic heterocycles. The van der Waals surface area contributed by atoms with Gasteiger partial charge in [-0.2, -0.15) is 0 Å². The molecule has 2 unspecified atom stereocenters. The number of nitrogens with one attached hydrogen (secondary N) is 2. The monoisotopic (exact) mass is 263 g/mol. The normalized spacial score (nSPS) is 18.1. The summed E-state index contributed by atoms with van der Waals surface area (Å²) >= 11 is 1.13. The highest BCUT2D eigenvalue weighted by Gasteiger charge is 2.22. The average Bonchev–Trinajstić information content (AvgIpc) is 2.46. The molecule has 0 fully saturated rings. The fourth-order valence-corrected chi connectivity index (χ4v) is 3.69. The van der Waals surface area contributed by atoms with Crippen molar-refractivity contribution < 1.29 is 9.32 Å². The van der Waals surface area contributed by atoms with E-state index in [1.54, 1.807) is 12.3 Å². The van der Waals surface area contributed by atoms with Crippen LogP contribution in [-0.4, -0.2) is 19.8 Å². The van der Waals surface area contributed by atoms with Gasteiger partial charge in [0.05, 0.1) is 11.8 Å². The fraction of sp³-hybridized carbons (Fsp3) is 0.667. The Kier molecular flexibility index (Phi) is 3.73. The second-order valence-corrected chi connectivity index (χ2v) is 7.44. The van der Waals surface area contributed by atoms with Crippen molar-refractivity contribution in [3.63, 3.8) is 0 Å². The number of hydrogen-bond donors (Lipinski definition) is 3. The van der Waals surface area contributed by atoms with Crippen LogP contribution in [0.1, 0.15) is 39.5 Å². The van der Waals surface area contributed by atoms with Gasteiger partial charge in [0.25, 0.3) is 0 Å². The van der Waals surface area contributed by atoms with Gasteiger partial charge in [-0.3, -0.25) is 0 Å². The predicted octanol–water partition coefficient (Wildman–Crippen LogP) is 1.91. The van der Waals surface area contributed by atoms with Crippen molar-refractivity contribution in [2.45, 2.75) is 43.7 Å². The van der Waals surface area contributed by atoms with Gasteiger partial charge in [0.1, 0.15) is 0 Å². The number of hydrogen-bond acceptors (Lipinski definition) is 5. The first-order valence-corrected chi connectivity index (χ1v) is 7.27. The van der Waals surface area contributed by atoms with Crippen molar-refractivity contribution >= 4 is 21.3 Å². The van der Waals surface area contributed by atoms with Crippen LogP contribution in [0.2, 0.25) is 0 Å². The minimum atomic E-state index is -3.08. The van der Waals surface area contributed by atoms with E-state index in [1.165, 1.54) is 0 Å². The van der Waals surface area contributed by atoms with E-state index in [1.807, 2.05) is 20.8 Å². The van der Waals surface area contributed by atoms with Crippen molar-refractivity contribution in [3.05, 3.63) is 11.1 Å². The summed E-state index contributed by atoms with van der Waals surface area (Å²) in [5.74, 6) is 0. The summed E-state index contributed by atoms with van der Waals surface area (Å²) in [6.07, 6.45) is -0.699. The molecule has 0 amide bonds. The van der Waals surface area contributed by atoms with Crippen LogP contribution >= 0.6 is 11.3 Å². The number of aliphatic hydroxyl groups is 1. The third kappa shape index (κ3) is 3.51. The smallest absolute Gasteiger partial charge is 0.204 e. The van der Waals surface area contributed by atoms with Crippen LogP contribution in [0.5, 0.6) is 0 Å². The molecule has 0 aliphatic carbocycles. The fourth-order valence-electron chi connectivity index (χ4n) is 1.07. The largest absolute Gasteiger partial charge is 0.387 e. The summed E-state index contributed by atoms with van der Waals surface area (Å²) in [6, 6.07) is 0. The lowest BCUT2D eigenvalue weighted by Crippen LogP contribution is -2.39. The molecule has 1 aromatic rings. The Balaban J connectivity index is 3.00. The lowest BCUT2D eigenvalue weighted by Gasteiger charge is -2.20. The standard InChI is InChI=1S/C9H17N3O2S2/c1-6(13)7-5-15-8(11-7)16(10,14)12-9(2,3)4/h5-6,13H,1-4H3,(H2,10,12,14). The topological polar surface area (TPSA) is 86.1 Å². The maximum Gasteiger partial charge on any atom is 0.204 e. The van der Waals surface area contributed by atoms with Crippen molar-refractivity contribution in [2.75, 3.05) is 0 Å². The third-order valence-corrected chi connectivity index (χ3v) is 4.75. The Bertz CT molecular complexity index is 457. The molecule has 0 saturated heterocycles. The Labute approximate surface area is 100 Å². The van der Waals surface area contributed by atoms with Crippen molar-refractivity contribution in [2.24, 2.45) is 0 Å². The molecule has 92 valence electrons. The lowest BCUT2D eigenvalue weighted by atomic mass is 10.1. The number of nitrogens with zero attached hydrogens (tertiary/aromatic N) is 1. The number of aliphatic hydroxyl groups excluding tert-OH is 1. The van der Waals surface area contributed by atoms with Gasteiger partial charge in [0.15, 0.2) is 9.92 Å². The maximum atomic E-state index is 12.1. The maximum absolute atomic E-state index is 12.1. The van der Waals surface area contributed by atoms with Crippen LogP contribution in [0.4, 0.5) is 0 Å². The van der Waals surface area contributed by atoms with E-state index in [-0.39, 0.29) is 4.34 Å². The molecule has 0 bridgehead atoms. The van der Waals surface area contributed by atoms with E-state index in [0.29, 0.717) is 5.69 Å². The second kappa shape index (κ2) is 4.40. The predicted molar refractivity (Wildman–Crippen MR) is 64.8 cm³/mol. The molecule has 3 N–H and O–H groups in total. The van der Waals surface area contributed by atoms with Crippen molar-refractivity contribution in [1.29, 1.82) is 4.78 Å². The summed E-state index contributed by atoms with van der Waals surface area (Å²) in [4.78, 5) is 4.01.